The summed E-state index contributed by atoms with van der Waals surface area (Å²) in [5, 5.41) is 5.98. The zero-order valence-corrected chi connectivity index (χ0v) is 15.6. The molecule has 144 valence electrons. The summed E-state index contributed by atoms with van der Waals surface area (Å²) < 4.78 is 11.1. The minimum Gasteiger partial charge on any atom is -0.477 e. The summed E-state index contributed by atoms with van der Waals surface area (Å²) in [5.74, 6) is 0.825. The van der Waals surface area contributed by atoms with E-state index >= 15 is 0 Å². The van der Waals surface area contributed by atoms with Crippen molar-refractivity contribution in [2.75, 3.05) is 13.7 Å². The first-order chi connectivity index (χ1) is 13.2. The van der Waals surface area contributed by atoms with Crippen LogP contribution in [0.25, 0.3) is 0 Å². The Morgan fingerprint density at radius 2 is 1.78 bits per heavy atom. The fourth-order valence-electron chi connectivity index (χ4n) is 3.22. The van der Waals surface area contributed by atoms with Crippen molar-refractivity contribution in [2.45, 2.75) is 44.2 Å². The molecular formula is C20H26N4O3. The molecule has 0 aliphatic heterocycles. The Bertz CT molecular complexity index is 718. The molecule has 2 amide bonds. The van der Waals surface area contributed by atoms with E-state index in [4.69, 9.17) is 9.47 Å². The van der Waals surface area contributed by atoms with E-state index in [2.05, 4.69) is 32.7 Å². The van der Waals surface area contributed by atoms with Crippen LogP contribution >= 0.6 is 0 Å². The van der Waals surface area contributed by atoms with Gasteiger partial charge in [-0.1, -0.05) is 30.3 Å². The van der Waals surface area contributed by atoms with E-state index in [1.54, 1.807) is 19.5 Å². The number of carbonyl (C=O) groups is 1. The monoisotopic (exact) mass is 370 g/mol. The largest absolute Gasteiger partial charge is 0.477 e. The van der Waals surface area contributed by atoms with Crippen LogP contribution in [0.1, 0.15) is 31.2 Å². The van der Waals surface area contributed by atoms with Crippen LogP contribution < -0.4 is 20.1 Å². The van der Waals surface area contributed by atoms with Crippen LogP contribution in [0.4, 0.5) is 4.79 Å². The molecule has 7 nitrogen and oxygen atoms in total. The molecule has 1 aromatic heterocycles. The van der Waals surface area contributed by atoms with Crippen molar-refractivity contribution in [1.29, 1.82) is 0 Å². The van der Waals surface area contributed by atoms with Gasteiger partial charge in [0, 0.05) is 25.0 Å². The maximum Gasteiger partial charge on any atom is 0.315 e. The molecule has 0 radical (unpaired) electrons. The normalized spacial score (nSPS) is 19.1. The number of nitrogens with zero attached hydrogens (tertiary/aromatic N) is 2. The summed E-state index contributed by atoms with van der Waals surface area (Å²) >= 11 is 0. The van der Waals surface area contributed by atoms with Gasteiger partial charge in [-0.25, -0.2) is 14.8 Å². The molecule has 1 heterocycles. The first-order valence-corrected chi connectivity index (χ1v) is 9.34. The number of hydrogen-bond donors (Lipinski definition) is 2. The van der Waals surface area contributed by atoms with Crippen LogP contribution in [-0.2, 0) is 6.42 Å². The minimum atomic E-state index is -0.106. The number of aromatic nitrogens is 2. The molecule has 0 unspecified atom stereocenters. The molecule has 1 fully saturated rings. The summed E-state index contributed by atoms with van der Waals surface area (Å²) in [6.07, 6.45) is 7.51. The second-order valence-electron chi connectivity index (χ2n) is 6.60. The number of hydrogen-bond acceptors (Lipinski definition) is 5. The van der Waals surface area contributed by atoms with E-state index in [-0.39, 0.29) is 18.2 Å². The third kappa shape index (κ3) is 5.84. The molecule has 27 heavy (non-hydrogen) atoms. The number of nitrogens with one attached hydrogen (secondary N) is 2. The van der Waals surface area contributed by atoms with Crippen LogP contribution in [0.3, 0.4) is 0 Å². The lowest BCUT2D eigenvalue weighted by Crippen LogP contribution is -2.45. The van der Waals surface area contributed by atoms with Gasteiger partial charge in [0.25, 0.3) is 11.8 Å². The summed E-state index contributed by atoms with van der Waals surface area (Å²) in [4.78, 5) is 20.3. The quantitative estimate of drug-likeness (QED) is 0.783. The Kier molecular flexibility index (Phi) is 6.84. The third-order valence-electron chi connectivity index (χ3n) is 4.66. The number of amides is 2. The first kappa shape index (κ1) is 18.9. The van der Waals surface area contributed by atoms with Crippen LogP contribution in [0, 0.1) is 0 Å². The molecule has 1 aliphatic carbocycles. The maximum absolute atomic E-state index is 12.1. The summed E-state index contributed by atoms with van der Waals surface area (Å²) in [6, 6.07) is 10.2. The van der Waals surface area contributed by atoms with Crippen molar-refractivity contribution in [3.8, 4) is 11.8 Å². The van der Waals surface area contributed by atoms with Crippen molar-refractivity contribution in [3.63, 3.8) is 0 Å². The molecular weight excluding hydrogens is 344 g/mol. The molecule has 0 spiro atoms. The average Bonchev–Trinajstić information content (AvgIpc) is 2.71. The number of ether oxygens (including phenoxy) is 2. The van der Waals surface area contributed by atoms with Crippen LogP contribution in [0.15, 0.2) is 42.7 Å². The summed E-state index contributed by atoms with van der Waals surface area (Å²) in [6.45, 7) is 0.626. The Balaban J connectivity index is 1.36. The number of benzene rings is 1. The second kappa shape index (κ2) is 9.75. The average molecular weight is 370 g/mol. The van der Waals surface area contributed by atoms with E-state index in [1.807, 2.05) is 18.2 Å². The highest BCUT2D eigenvalue weighted by atomic mass is 16.5. The highest BCUT2D eigenvalue weighted by molar-refractivity contribution is 5.74. The van der Waals surface area contributed by atoms with Gasteiger partial charge in [0.2, 0.25) is 0 Å². The molecule has 0 atom stereocenters. The van der Waals surface area contributed by atoms with Crippen molar-refractivity contribution < 1.29 is 14.3 Å². The van der Waals surface area contributed by atoms with Gasteiger partial charge in [-0.05, 0) is 37.7 Å². The van der Waals surface area contributed by atoms with E-state index in [9.17, 15) is 4.79 Å². The molecule has 2 aromatic rings. The Morgan fingerprint density at radius 3 is 2.48 bits per heavy atom. The van der Waals surface area contributed by atoms with Gasteiger partial charge in [0.15, 0.2) is 0 Å². The van der Waals surface area contributed by atoms with Gasteiger partial charge in [0.05, 0.1) is 7.11 Å². The predicted octanol–water partition coefficient (Wildman–Crippen LogP) is 2.72. The molecule has 7 heteroatoms. The molecule has 0 bridgehead atoms. The zero-order valence-electron chi connectivity index (χ0n) is 15.6. The van der Waals surface area contributed by atoms with Crippen molar-refractivity contribution in [1.82, 2.24) is 20.6 Å². The van der Waals surface area contributed by atoms with E-state index < -0.39 is 0 Å². The summed E-state index contributed by atoms with van der Waals surface area (Å²) in [7, 11) is 1.55. The predicted molar refractivity (Wildman–Crippen MR) is 102 cm³/mol. The van der Waals surface area contributed by atoms with Gasteiger partial charge in [-0.15, -0.1) is 0 Å². The smallest absolute Gasteiger partial charge is 0.315 e. The van der Waals surface area contributed by atoms with Gasteiger partial charge in [0.1, 0.15) is 6.10 Å². The zero-order chi connectivity index (χ0) is 18.9. The van der Waals surface area contributed by atoms with Crippen molar-refractivity contribution in [2.24, 2.45) is 0 Å². The van der Waals surface area contributed by atoms with Gasteiger partial charge in [-0.3, -0.25) is 0 Å². The number of carbonyl (C=O) groups excluding carboxylic acids is 1. The van der Waals surface area contributed by atoms with E-state index in [0.29, 0.717) is 18.3 Å². The van der Waals surface area contributed by atoms with Crippen molar-refractivity contribution in [3.05, 3.63) is 48.3 Å². The van der Waals surface area contributed by atoms with E-state index in [1.165, 1.54) is 5.56 Å². The number of methoxy groups -OCH3 is 1. The lowest BCUT2D eigenvalue weighted by atomic mass is 9.93. The van der Waals surface area contributed by atoms with Crippen LogP contribution in [0.2, 0.25) is 0 Å². The molecule has 1 saturated carbocycles. The second-order valence-corrected chi connectivity index (χ2v) is 6.60. The molecule has 0 saturated heterocycles. The SMILES string of the molecule is COc1nccnc1OC1CCC(NC(=O)NCCc2ccccc2)CC1. The fourth-order valence-corrected chi connectivity index (χ4v) is 3.22. The standard InChI is InChI=1S/C20H26N4O3/c1-26-18-19(22-14-13-21-18)27-17-9-7-16(8-10-17)24-20(25)23-12-11-15-5-3-2-4-6-15/h2-6,13-14,16-17H,7-12H2,1H3,(H2,23,24,25). The topological polar surface area (TPSA) is 85.4 Å². The van der Waals surface area contributed by atoms with Gasteiger partial charge < -0.3 is 20.1 Å². The number of rotatable bonds is 7. The Labute approximate surface area is 159 Å². The van der Waals surface area contributed by atoms with E-state index in [0.717, 1.165) is 32.1 Å². The van der Waals surface area contributed by atoms with Gasteiger partial charge in [-0.2, -0.15) is 0 Å². The highest BCUT2D eigenvalue weighted by Crippen LogP contribution is 2.27. The lowest BCUT2D eigenvalue weighted by molar-refractivity contribution is 0.129. The highest BCUT2D eigenvalue weighted by Gasteiger charge is 2.25. The fraction of sp³-hybridized carbons (Fsp3) is 0.450. The first-order valence-electron chi connectivity index (χ1n) is 9.34. The Morgan fingerprint density at radius 1 is 1.07 bits per heavy atom. The summed E-state index contributed by atoms with van der Waals surface area (Å²) in [5.41, 5.74) is 1.22. The van der Waals surface area contributed by atoms with Crippen molar-refractivity contribution >= 4 is 6.03 Å². The number of urea groups is 1. The molecule has 1 aliphatic rings. The lowest BCUT2D eigenvalue weighted by Gasteiger charge is -2.29. The van der Waals surface area contributed by atoms with Gasteiger partial charge >= 0.3 is 6.03 Å². The molecule has 2 N–H and O–H groups in total. The van der Waals surface area contributed by atoms with Crippen LogP contribution in [-0.4, -0.2) is 41.8 Å². The van der Waals surface area contributed by atoms with Crippen LogP contribution in [0.5, 0.6) is 11.8 Å². The minimum absolute atomic E-state index is 0.0646. The molecule has 3 rings (SSSR count). The Hall–Kier alpha value is -2.83. The third-order valence-corrected chi connectivity index (χ3v) is 4.66. The maximum atomic E-state index is 12.1. The molecule has 1 aromatic carbocycles.